The van der Waals surface area contributed by atoms with Gasteiger partial charge in [-0.15, -0.1) is 0 Å². The molecule has 4 nitrogen and oxygen atoms in total. The zero-order chi connectivity index (χ0) is 11.3. The van der Waals surface area contributed by atoms with Crippen molar-refractivity contribution in [2.24, 2.45) is 5.73 Å². The average Bonchev–Trinajstić information content (AvgIpc) is 2.25. The fourth-order valence-electron chi connectivity index (χ4n) is 1.49. The Morgan fingerprint density at radius 3 is 2.53 bits per heavy atom. The fraction of sp³-hybridized carbons (Fsp3) is 0.364. The third-order valence-electron chi connectivity index (χ3n) is 2.41. The van der Waals surface area contributed by atoms with Crippen molar-refractivity contribution in [3.05, 3.63) is 35.4 Å². The summed E-state index contributed by atoms with van der Waals surface area (Å²) in [6, 6.07) is 7.07. The second-order valence-electron chi connectivity index (χ2n) is 3.36. The number of nitrogens with one attached hydrogen (secondary N) is 1. The number of carboxylic acid groups (broad SMARTS) is 1. The quantitative estimate of drug-likeness (QED) is 0.653. The van der Waals surface area contributed by atoms with E-state index in [0.29, 0.717) is 13.0 Å². The first-order valence-electron chi connectivity index (χ1n) is 4.86. The number of hydrogen-bond donors (Lipinski definition) is 3. The Morgan fingerprint density at radius 1 is 1.47 bits per heavy atom. The molecule has 0 spiro atoms. The summed E-state index contributed by atoms with van der Waals surface area (Å²) in [6.07, 6.45) is 0.458. The first-order chi connectivity index (χ1) is 7.19. The molecule has 1 aromatic carbocycles. The van der Waals surface area contributed by atoms with E-state index in [9.17, 15) is 4.79 Å². The Kier molecular flexibility index (Phi) is 4.27. The van der Waals surface area contributed by atoms with Gasteiger partial charge >= 0.3 is 5.97 Å². The molecule has 0 saturated heterocycles. The first kappa shape index (κ1) is 11.7. The number of carbonyl (C=O) groups is 1. The predicted molar refractivity (Wildman–Crippen MR) is 58.5 cm³/mol. The van der Waals surface area contributed by atoms with Crippen LogP contribution in [0.4, 0.5) is 0 Å². The highest BCUT2D eigenvalue weighted by Crippen LogP contribution is 2.10. The highest BCUT2D eigenvalue weighted by Gasteiger charge is 2.16. The molecule has 0 aliphatic rings. The number of benzene rings is 1. The summed E-state index contributed by atoms with van der Waals surface area (Å²) in [6.45, 7) is 0.437. The topological polar surface area (TPSA) is 75.3 Å². The molecule has 1 unspecified atom stereocenters. The van der Waals surface area contributed by atoms with Crippen molar-refractivity contribution in [3.8, 4) is 0 Å². The third kappa shape index (κ3) is 3.04. The summed E-state index contributed by atoms with van der Waals surface area (Å²) in [5.41, 5.74) is 7.56. The highest BCUT2D eigenvalue weighted by atomic mass is 16.4. The molecule has 0 bridgehead atoms. The monoisotopic (exact) mass is 208 g/mol. The van der Waals surface area contributed by atoms with Gasteiger partial charge in [0, 0.05) is 6.54 Å². The van der Waals surface area contributed by atoms with Gasteiger partial charge in [-0.25, -0.2) is 0 Å². The Balaban J connectivity index is 2.82. The van der Waals surface area contributed by atoms with Crippen LogP contribution in [-0.2, 0) is 17.8 Å². The van der Waals surface area contributed by atoms with Gasteiger partial charge in [-0.05, 0) is 24.6 Å². The lowest BCUT2D eigenvalue weighted by Crippen LogP contribution is -2.36. The largest absolute Gasteiger partial charge is 0.480 e. The van der Waals surface area contributed by atoms with Crippen LogP contribution < -0.4 is 11.1 Å². The zero-order valence-electron chi connectivity index (χ0n) is 8.73. The van der Waals surface area contributed by atoms with Gasteiger partial charge in [-0.2, -0.15) is 0 Å². The van der Waals surface area contributed by atoms with Crippen molar-refractivity contribution in [3.63, 3.8) is 0 Å². The molecule has 15 heavy (non-hydrogen) atoms. The molecule has 1 atom stereocenters. The summed E-state index contributed by atoms with van der Waals surface area (Å²) >= 11 is 0. The van der Waals surface area contributed by atoms with E-state index in [1.54, 1.807) is 7.05 Å². The maximum atomic E-state index is 10.8. The Hall–Kier alpha value is -1.39. The van der Waals surface area contributed by atoms with Crippen LogP contribution in [0, 0.1) is 0 Å². The van der Waals surface area contributed by atoms with Gasteiger partial charge in [-0.3, -0.25) is 4.79 Å². The van der Waals surface area contributed by atoms with Crippen LogP contribution in [-0.4, -0.2) is 24.2 Å². The van der Waals surface area contributed by atoms with Crippen LogP contribution in [0.2, 0.25) is 0 Å². The second-order valence-corrected chi connectivity index (χ2v) is 3.36. The van der Waals surface area contributed by atoms with Crippen LogP contribution >= 0.6 is 0 Å². The first-order valence-corrected chi connectivity index (χ1v) is 4.86. The molecule has 0 fully saturated rings. The van der Waals surface area contributed by atoms with Gasteiger partial charge in [0.25, 0.3) is 0 Å². The lowest BCUT2D eigenvalue weighted by Gasteiger charge is -2.13. The lowest BCUT2D eigenvalue weighted by molar-refractivity contribution is -0.139. The molecule has 82 valence electrons. The minimum Gasteiger partial charge on any atom is -0.480 e. The third-order valence-corrected chi connectivity index (χ3v) is 2.41. The molecule has 0 heterocycles. The van der Waals surface area contributed by atoms with Crippen molar-refractivity contribution in [1.29, 1.82) is 0 Å². The Bertz CT molecular complexity index is 339. The molecule has 0 amide bonds. The molecule has 1 aromatic rings. The molecule has 0 aliphatic heterocycles. The van der Waals surface area contributed by atoms with E-state index in [2.05, 4.69) is 5.32 Å². The predicted octanol–water partition coefficient (Wildman–Crippen LogP) is 0.360. The standard InChI is InChI=1S/C11H16N2O2/c1-13-10(11(14)15)6-8-4-2-3-5-9(8)7-12/h2-5,10,13H,6-7,12H2,1H3,(H,14,15). The van der Waals surface area contributed by atoms with Crippen molar-refractivity contribution in [2.45, 2.75) is 19.0 Å². The minimum absolute atomic E-state index is 0.437. The van der Waals surface area contributed by atoms with Crippen LogP contribution in [0.25, 0.3) is 0 Å². The van der Waals surface area contributed by atoms with Gasteiger partial charge in [-0.1, -0.05) is 24.3 Å². The summed E-state index contributed by atoms with van der Waals surface area (Å²) in [4.78, 5) is 10.8. The van der Waals surface area contributed by atoms with Gasteiger partial charge in [0.05, 0.1) is 0 Å². The van der Waals surface area contributed by atoms with Crippen molar-refractivity contribution in [1.82, 2.24) is 5.32 Å². The Labute approximate surface area is 89.1 Å². The molecule has 0 aliphatic carbocycles. The van der Waals surface area contributed by atoms with Crippen molar-refractivity contribution < 1.29 is 9.90 Å². The number of rotatable bonds is 5. The van der Waals surface area contributed by atoms with E-state index in [1.165, 1.54) is 0 Å². The number of aliphatic carboxylic acids is 1. The van der Waals surface area contributed by atoms with Gasteiger partial charge in [0.15, 0.2) is 0 Å². The summed E-state index contributed by atoms with van der Waals surface area (Å²) in [7, 11) is 1.64. The van der Waals surface area contributed by atoms with Crippen LogP contribution in [0.5, 0.6) is 0 Å². The molecule has 4 N–H and O–H groups in total. The van der Waals surface area contributed by atoms with E-state index in [4.69, 9.17) is 10.8 Å². The normalized spacial score (nSPS) is 12.4. The van der Waals surface area contributed by atoms with Crippen LogP contribution in [0.15, 0.2) is 24.3 Å². The van der Waals surface area contributed by atoms with Crippen LogP contribution in [0.1, 0.15) is 11.1 Å². The lowest BCUT2D eigenvalue weighted by atomic mass is 10.0. The molecule has 0 aromatic heterocycles. The number of likely N-dealkylation sites (N-methyl/N-ethyl adjacent to an activating group) is 1. The van der Waals surface area contributed by atoms with Gasteiger partial charge < -0.3 is 16.2 Å². The maximum Gasteiger partial charge on any atom is 0.321 e. The minimum atomic E-state index is -0.843. The van der Waals surface area contributed by atoms with Gasteiger partial charge in [0.1, 0.15) is 6.04 Å². The number of nitrogens with two attached hydrogens (primary N) is 1. The summed E-state index contributed by atoms with van der Waals surface area (Å²) < 4.78 is 0. The average molecular weight is 208 g/mol. The van der Waals surface area contributed by atoms with Crippen LogP contribution in [0.3, 0.4) is 0 Å². The molecular weight excluding hydrogens is 192 g/mol. The fourth-order valence-corrected chi connectivity index (χ4v) is 1.49. The number of carboxylic acids is 1. The van der Waals surface area contributed by atoms with E-state index < -0.39 is 12.0 Å². The highest BCUT2D eigenvalue weighted by molar-refractivity contribution is 5.73. The molecule has 0 radical (unpaired) electrons. The van der Waals surface area contributed by atoms with Crippen molar-refractivity contribution in [2.75, 3.05) is 7.05 Å². The number of hydrogen-bond acceptors (Lipinski definition) is 3. The Morgan fingerprint density at radius 2 is 2.07 bits per heavy atom. The van der Waals surface area contributed by atoms with E-state index in [0.717, 1.165) is 11.1 Å². The van der Waals surface area contributed by atoms with Gasteiger partial charge in [0.2, 0.25) is 0 Å². The second kappa shape index (κ2) is 5.48. The van der Waals surface area contributed by atoms with Crippen molar-refractivity contribution >= 4 is 5.97 Å². The summed E-state index contributed by atoms with van der Waals surface area (Å²) in [5.74, 6) is -0.843. The summed E-state index contributed by atoms with van der Waals surface area (Å²) in [5, 5.41) is 11.7. The SMILES string of the molecule is CNC(Cc1ccccc1CN)C(=O)O. The molecular formula is C11H16N2O2. The van der Waals surface area contributed by atoms with E-state index in [-0.39, 0.29) is 0 Å². The molecule has 0 saturated carbocycles. The van der Waals surface area contributed by atoms with E-state index in [1.807, 2.05) is 24.3 Å². The zero-order valence-corrected chi connectivity index (χ0v) is 8.73. The maximum absolute atomic E-state index is 10.8. The van der Waals surface area contributed by atoms with E-state index >= 15 is 0 Å². The smallest absolute Gasteiger partial charge is 0.321 e. The molecule has 1 rings (SSSR count). The molecule has 4 heteroatoms.